The van der Waals surface area contributed by atoms with Crippen LogP contribution in [0.1, 0.15) is 325 Å². The Labute approximate surface area is 882 Å². The van der Waals surface area contributed by atoms with Gasteiger partial charge in [-0.15, -0.1) is 12.3 Å². The molecule has 42 heteroatoms. The quantitative estimate of drug-likeness (QED) is 0.0217. The number of fused-ring (bicyclic) bond motifs is 3. The van der Waals surface area contributed by atoms with E-state index in [1.807, 2.05) is 6.92 Å². The number of nitrogens with zero attached hydrogens (tertiary/aromatic N) is 6. The lowest BCUT2D eigenvalue weighted by Gasteiger charge is -2.40. The molecule has 3 heterocycles. The fourth-order valence-corrected chi connectivity index (χ4v) is 30.4. The third-order valence-corrected chi connectivity index (χ3v) is 42.7. The lowest BCUT2D eigenvalue weighted by atomic mass is 9.82. The van der Waals surface area contributed by atoms with E-state index in [-0.39, 0.29) is 141 Å². The number of terminal acetylenes is 1. The highest BCUT2D eigenvalue weighted by Gasteiger charge is 2.73. The van der Waals surface area contributed by atoms with E-state index in [0.717, 1.165) is 205 Å². The molecular weight excluding hydrogens is 1970 g/mol. The Morgan fingerprint density at radius 3 is 0.846 bits per heavy atom. The number of nitrogens with one attached hydrogen (secondary N) is 12. The van der Waals surface area contributed by atoms with Crippen LogP contribution in [0.2, 0.25) is 0 Å². The molecule has 3 aliphatic heterocycles. The molecule has 16 fully saturated rings. The Hall–Kier alpha value is -8.66. The van der Waals surface area contributed by atoms with Crippen LogP contribution in [-0.4, -0.2) is 310 Å². The molecule has 0 aromatic heterocycles. The van der Waals surface area contributed by atoms with Crippen molar-refractivity contribution in [2.75, 3.05) is 79.2 Å². The smallest absolute Gasteiger partial charge is 0.315 e. The maximum absolute atomic E-state index is 14.7. The number of carbonyl (C=O) groups is 15. The third-order valence-electron chi connectivity index (χ3n) is 36.6. The van der Waals surface area contributed by atoms with Crippen LogP contribution < -0.4 is 63.8 Å². The van der Waals surface area contributed by atoms with Crippen LogP contribution in [0.25, 0.3) is 0 Å². The van der Waals surface area contributed by atoms with Crippen molar-refractivity contribution < 1.29 is 97.2 Å². The maximum Gasteiger partial charge on any atom is 0.315 e. The summed E-state index contributed by atoms with van der Waals surface area (Å²) in [7, 11) is -1.94. The molecule has 834 valence electrons. The van der Waals surface area contributed by atoms with Gasteiger partial charge in [0.1, 0.15) is 36.3 Å². The van der Waals surface area contributed by atoms with Crippen LogP contribution in [0, 0.1) is 87.8 Å². The van der Waals surface area contributed by atoms with Crippen LogP contribution in [0.4, 0.5) is 14.4 Å². The molecule has 16 rings (SSSR count). The number of likely N-dealkylation sites (tertiary alicyclic amines) is 3. The van der Waals surface area contributed by atoms with Crippen LogP contribution in [-0.2, 0) is 87.6 Å². The van der Waals surface area contributed by atoms with Gasteiger partial charge >= 0.3 is 18.1 Å². The van der Waals surface area contributed by atoms with Crippen molar-refractivity contribution in [2.24, 2.45) is 75.4 Å². The second kappa shape index (κ2) is 47.7. The number of sulfonamides is 3. The van der Waals surface area contributed by atoms with Crippen molar-refractivity contribution in [1.82, 2.24) is 91.4 Å². The SMILES string of the molecule is C#CCC[C@H](NC(=O)[C@@H]1[C@@H]2[C@H](CN1C(=O)[C@@H](NC(=O)NC1(CS(=O)(=O)N(C)C)CCCCC1)C1CCCCC1)C2(C)C)C(=O)C(=O)NC1CC1.CCC[C@H](NC(=O)[C@@H]1[C@@H]2[C@H](CN1C(=O)[C@@H](NC(=O)NC1(CS(=O)(=O)N(C)C)CCCCC1)C1CCCCC1)C2(C)C)C(=O)C(=O)NC1CC1.CN(C)S(=O)(=O)CC1(NC(=O)N[C@H](C(=O)N2C[C@H]3[C@@H]([C@H]2C(=O)N[C@@H](CC2CC2)C(=O)C(=O)NC2CC2)C3(C)C)C2CCCCC2)CCCCC1. The molecule has 0 bridgehead atoms. The number of ketones is 3. The zero-order valence-corrected chi connectivity index (χ0v) is 92.9. The molecule has 15 amide bonds. The van der Waals surface area contributed by atoms with Crippen molar-refractivity contribution in [3.8, 4) is 12.3 Å². The van der Waals surface area contributed by atoms with Crippen LogP contribution in [0.5, 0.6) is 0 Å². The van der Waals surface area contributed by atoms with Crippen LogP contribution in [0.3, 0.4) is 0 Å². The highest BCUT2D eigenvalue weighted by molar-refractivity contribution is 7.89. The van der Waals surface area contributed by atoms with Crippen LogP contribution in [0.15, 0.2) is 0 Å². The maximum atomic E-state index is 14.7. The summed E-state index contributed by atoms with van der Waals surface area (Å²) in [5.41, 5.74) is -3.41. The van der Waals surface area contributed by atoms with Gasteiger partial charge in [0.25, 0.3) is 17.7 Å². The summed E-state index contributed by atoms with van der Waals surface area (Å²) in [6, 6.07) is -10.0. The second-order valence-electron chi connectivity index (χ2n) is 49.5. The number of amides is 15. The van der Waals surface area contributed by atoms with E-state index in [0.29, 0.717) is 77.4 Å². The molecular formula is C107H172N18O21S3. The van der Waals surface area contributed by atoms with Crippen molar-refractivity contribution in [3.05, 3.63) is 0 Å². The van der Waals surface area contributed by atoms with E-state index in [1.165, 1.54) is 55.2 Å². The van der Waals surface area contributed by atoms with Gasteiger partial charge in [-0.2, -0.15) is 0 Å². The van der Waals surface area contributed by atoms with Crippen molar-refractivity contribution in [2.45, 2.75) is 414 Å². The number of hydrogen-bond donors (Lipinski definition) is 12. The molecule has 13 aliphatic carbocycles. The number of rotatable bonds is 42. The van der Waals surface area contributed by atoms with Gasteiger partial charge in [0.15, 0.2) is 0 Å². The molecule has 149 heavy (non-hydrogen) atoms. The highest BCUT2D eigenvalue weighted by Crippen LogP contribution is 2.67. The molecule has 12 N–H and O–H groups in total. The van der Waals surface area contributed by atoms with E-state index < -0.39 is 172 Å². The monoisotopic (exact) mass is 2140 g/mol. The fraction of sp³-hybridized carbons (Fsp3) is 0.841. The Kier molecular flexibility index (Phi) is 37.1. The van der Waals surface area contributed by atoms with Crippen molar-refractivity contribution in [3.63, 3.8) is 0 Å². The number of Topliss-reactive ketones (excluding diaryl/α,β-unsaturated/α-hetero) is 3. The van der Waals surface area contributed by atoms with Gasteiger partial charge in [-0.05, 0) is 210 Å². The lowest BCUT2D eigenvalue weighted by Crippen LogP contribution is -2.63. The average molecular weight is 2140 g/mol. The number of piperidine rings is 3. The molecule has 13 saturated carbocycles. The molecule has 0 aromatic rings. The second-order valence-corrected chi connectivity index (χ2v) is 56.0. The predicted molar refractivity (Wildman–Crippen MR) is 559 cm³/mol. The normalized spacial score (nSPS) is 27.6. The minimum absolute atomic E-state index is 0.0113. The number of hydrogen-bond acceptors (Lipinski definition) is 21. The van der Waals surface area contributed by atoms with Gasteiger partial charge in [-0.1, -0.05) is 183 Å². The first kappa shape index (κ1) is 116. The lowest BCUT2D eigenvalue weighted by molar-refractivity contribution is -0.145. The van der Waals surface area contributed by atoms with E-state index >= 15 is 0 Å². The molecule has 0 spiro atoms. The predicted octanol–water partition coefficient (Wildman–Crippen LogP) is 6.95. The van der Waals surface area contributed by atoms with Gasteiger partial charge in [0.2, 0.25) is 82.9 Å². The average Bonchev–Trinajstić information content (AvgIpc) is 1.53. The van der Waals surface area contributed by atoms with Crippen molar-refractivity contribution in [1.29, 1.82) is 0 Å². The number of carbonyl (C=O) groups excluding carboxylic acids is 15. The highest BCUT2D eigenvalue weighted by atomic mass is 32.2. The summed E-state index contributed by atoms with van der Waals surface area (Å²) < 4.78 is 81.5. The van der Waals surface area contributed by atoms with Crippen LogP contribution >= 0.6 is 0 Å². The summed E-state index contributed by atoms with van der Waals surface area (Å²) in [4.78, 5) is 210. The molecule has 0 aromatic carbocycles. The Morgan fingerprint density at radius 2 is 0.597 bits per heavy atom. The van der Waals surface area contributed by atoms with Gasteiger partial charge in [-0.25, -0.2) is 52.6 Å². The molecule has 39 nitrogen and oxygen atoms in total. The molecule has 15 atom stereocenters. The molecule has 0 unspecified atom stereocenters. The summed E-state index contributed by atoms with van der Waals surface area (Å²) in [6.45, 7) is 15.4. The Morgan fingerprint density at radius 1 is 0.342 bits per heavy atom. The first-order valence-electron chi connectivity index (χ1n) is 56.1. The first-order chi connectivity index (χ1) is 70.3. The third kappa shape index (κ3) is 28.2. The van der Waals surface area contributed by atoms with E-state index in [2.05, 4.69) is 111 Å². The van der Waals surface area contributed by atoms with E-state index in [4.69, 9.17) is 6.42 Å². The molecule has 16 aliphatic rings. The zero-order chi connectivity index (χ0) is 108. The zero-order valence-electron chi connectivity index (χ0n) is 90.4. The van der Waals surface area contributed by atoms with E-state index in [1.54, 1.807) is 14.7 Å². The van der Waals surface area contributed by atoms with Crippen molar-refractivity contribution >= 4 is 119 Å². The fourth-order valence-electron chi connectivity index (χ4n) is 26.5. The minimum atomic E-state index is -3.63. The summed E-state index contributed by atoms with van der Waals surface area (Å²) in [5.74, 6) is -4.96. The first-order valence-corrected chi connectivity index (χ1v) is 60.9. The topological polar surface area (TPSA) is 522 Å². The van der Waals surface area contributed by atoms with E-state index in [9.17, 15) is 97.2 Å². The van der Waals surface area contributed by atoms with Gasteiger partial charge < -0.3 is 78.5 Å². The molecule has 3 saturated heterocycles. The van der Waals surface area contributed by atoms with Gasteiger partial charge in [-0.3, -0.25) is 57.5 Å². The summed E-state index contributed by atoms with van der Waals surface area (Å²) >= 11 is 0. The summed E-state index contributed by atoms with van der Waals surface area (Å²) in [5, 5.41) is 34.8. The Balaban J connectivity index is 0.000000176. The van der Waals surface area contributed by atoms with Gasteiger partial charge in [0.05, 0.1) is 52.0 Å². The standard InChI is InChI=1S/C36H58N6O7S.C36H56N6O7S.C35H58N6O7S/c1-35(2)25-20-42(29(27(25)35)31(44)38-26(19-22-13-14-22)30(43)32(45)37-24-15-16-24)33(46)28(23-11-7-5-8-12-23)39-34(47)40-36(17-9-6-10-18-36)21-50(48,49)41(3)4;1-6-7-16-26(30(43)32(45)37-24-17-18-24)38-31(44)29-27-25(35(27,2)3)21-42(29)33(46)28(23-14-10-8-11-15-23)39-34(47)40-36(19-12-9-13-20-36)22-50(48,49)41(4)5;1-6-13-25(29(42)31(44)36-23-16-17-23)37-30(43)28-26-24(34(26,2)3)20-41(28)32(45)27(22-14-9-7-10-15-22)38-33(46)39-35(18-11-8-12-19-35)21-49(47,48)40(4)5/h22-29H,5-21H2,1-4H3,(H,37,45)(H,38,44)(H2,39,40,47);1,23-29H,7-22H2,2-5H3,(H,37,45)(H,38,44)(H2,39,40,47);22-28H,6-21H2,1-5H3,(H,36,44)(H,37,43)(H2,38,39,46)/t2*25-,26-,27-,28-,29-;24-,25-,26-,27-,28-/m000/s1. The summed E-state index contributed by atoms with van der Waals surface area (Å²) in [6.07, 6.45) is 37.8. The Bertz CT molecular complexity index is 5320. The minimum Gasteiger partial charge on any atom is -0.347 e. The number of urea groups is 3. The largest absolute Gasteiger partial charge is 0.347 e. The van der Waals surface area contributed by atoms with Gasteiger partial charge in [0, 0.05) is 86.5 Å². The molecule has 0 radical (unpaired) electrons.